The second kappa shape index (κ2) is 5.35. The summed E-state index contributed by atoms with van der Waals surface area (Å²) in [7, 11) is 3.46. The van der Waals surface area contributed by atoms with Crippen LogP contribution in [0.5, 0.6) is 0 Å². The van der Waals surface area contributed by atoms with Crippen molar-refractivity contribution in [3.63, 3.8) is 0 Å². The summed E-state index contributed by atoms with van der Waals surface area (Å²) < 4.78 is 4.86. The Balaban J connectivity index is 2.48. The van der Waals surface area contributed by atoms with Crippen molar-refractivity contribution >= 4 is 5.91 Å². The number of ether oxygens (including phenoxy) is 1. The second-order valence-electron chi connectivity index (χ2n) is 4.27. The molecule has 0 aromatic rings. The van der Waals surface area contributed by atoms with Crippen molar-refractivity contribution in [1.29, 1.82) is 0 Å². The molecule has 14 heavy (non-hydrogen) atoms. The SMILES string of the molecule is COCC(=O)N(C)C1CCCCC1C. The molecule has 0 spiro atoms. The highest BCUT2D eigenvalue weighted by molar-refractivity contribution is 5.77. The molecule has 0 bridgehead atoms. The zero-order valence-corrected chi connectivity index (χ0v) is 9.45. The van der Waals surface area contributed by atoms with Gasteiger partial charge in [0.15, 0.2) is 0 Å². The molecule has 1 fully saturated rings. The van der Waals surface area contributed by atoms with E-state index in [0.717, 1.165) is 6.42 Å². The number of rotatable bonds is 3. The number of hydrogen-bond donors (Lipinski definition) is 0. The molecule has 82 valence electrons. The van der Waals surface area contributed by atoms with Gasteiger partial charge in [-0.25, -0.2) is 0 Å². The maximum Gasteiger partial charge on any atom is 0.248 e. The topological polar surface area (TPSA) is 29.5 Å². The Bertz CT molecular complexity index is 194. The predicted molar refractivity (Wildman–Crippen MR) is 56.1 cm³/mol. The molecule has 1 saturated carbocycles. The molecule has 0 aromatic carbocycles. The van der Waals surface area contributed by atoms with Crippen molar-refractivity contribution < 1.29 is 9.53 Å². The quantitative estimate of drug-likeness (QED) is 0.692. The van der Waals surface area contributed by atoms with E-state index in [1.54, 1.807) is 7.11 Å². The lowest BCUT2D eigenvalue weighted by Gasteiger charge is -2.36. The molecule has 1 rings (SSSR count). The molecule has 2 unspecified atom stereocenters. The third kappa shape index (κ3) is 2.71. The van der Waals surface area contributed by atoms with E-state index in [2.05, 4.69) is 6.92 Å². The lowest BCUT2D eigenvalue weighted by atomic mass is 9.85. The lowest BCUT2D eigenvalue weighted by Crippen LogP contribution is -2.44. The van der Waals surface area contributed by atoms with Gasteiger partial charge in [-0.05, 0) is 18.8 Å². The molecule has 0 heterocycles. The van der Waals surface area contributed by atoms with Crippen LogP contribution in [0.1, 0.15) is 32.6 Å². The minimum Gasteiger partial charge on any atom is -0.375 e. The second-order valence-corrected chi connectivity index (χ2v) is 4.27. The normalized spacial score (nSPS) is 27.4. The number of likely N-dealkylation sites (N-methyl/N-ethyl adjacent to an activating group) is 1. The highest BCUT2D eigenvalue weighted by atomic mass is 16.5. The standard InChI is InChI=1S/C11H21NO2/c1-9-6-4-5-7-10(9)12(2)11(13)8-14-3/h9-10H,4-8H2,1-3H3. The van der Waals surface area contributed by atoms with Gasteiger partial charge in [-0.3, -0.25) is 4.79 Å². The highest BCUT2D eigenvalue weighted by Gasteiger charge is 2.27. The van der Waals surface area contributed by atoms with Gasteiger partial charge in [0, 0.05) is 20.2 Å². The number of hydrogen-bond acceptors (Lipinski definition) is 2. The summed E-state index contributed by atoms with van der Waals surface area (Å²) in [5.41, 5.74) is 0. The summed E-state index contributed by atoms with van der Waals surface area (Å²) in [6.45, 7) is 2.44. The van der Waals surface area contributed by atoms with Gasteiger partial charge in [-0.1, -0.05) is 19.8 Å². The summed E-state index contributed by atoms with van der Waals surface area (Å²) in [6.07, 6.45) is 4.95. The summed E-state index contributed by atoms with van der Waals surface area (Å²) in [5.74, 6) is 0.737. The van der Waals surface area contributed by atoms with E-state index < -0.39 is 0 Å². The molecule has 0 aliphatic heterocycles. The number of carbonyl (C=O) groups excluding carboxylic acids is 1. The van der Waals surface area contributed by atoms with Crippen molar-refractivity contribution in [2.75, 3.05) is 20.8 Å². The zero-order valence-electron chi connectivity index (χ0n) is 9.45. The van der Waals surface area contributed by atoms with E-state index in [1.807, 2.05) is 11.9 Å². The smallest absolute Gasteiger partial charge is 0.248 e. The molecule has 3 heteroatoms. The van der Waals surface area contributed by atoms with E-state index in [4.69, 9.17) is 4.74 Å². The van der Waals surface area contributed by atoms with Crippen LogP contribution in [0.15, 0.2) is 0 Å². The Kier molecular flexibility index (Phi) is 4.39. The van der Waals surface area contributed by atoms with Gasteiger partial charge in [0.05, 0.1) is 0 Å². The largest absolute Gasteiger partial charge is 0.375 e. The molecule has 3 nitrogen and oxygen atoms in total. The maximum atomic E-state index is 11.6. The predicted octanol–water partition coefficient (Wildman–Crippen LogP) is 1.67. The number of nitrogens with zero attached hydrogens (tertiary/aromatic N) is 1. The van der Waals surface area contributed by atoms with Crippen LogP contribution in [0.2, 0.25) is 0 Å². The first-order valence-electron chi connectivity index (χ1n) is 5.41. The average Bonchev–Trinajstić information content (AvgIpc) is 2.18. The van der Waals surface area contributed by atoms with E-state index in [0.29, 0.717) is 12.0 Å². The van der Waals surface area contributed by atoms with Gasteiger partial charge in [0.25, 0.3) is 0 Å². The lowest BCUT2D eigenvalue weighted by molar-refractivity contribution is -0.137. The van der Waals surface area contributed by atoms with Gasteiger partial charge in [0.1, 0.15) is 6.61 Å². The van der Waals surface area contributed by atoms with Crippen LogP contribution >= 0.6 is 0 Å². The summed E-state index contributed by atoms with van der Waals surface area (Å²) in [5, 5.41) is 0. The molecular formula is C11H21NO2. The molecule has 0 N–H and O–H groups in total. The van der Waals surface area contributed by atoms with Crippen LogP contribution in [-0.2, 0) is 9.53 Å². The van der Waals surface area contributed by atoms with E-state index in [-0.39, 0.29) is 12.5 Å². The number of amides is 1. The van der Waals surface area contributed by atoms with Crippen LogP contribution in [0.3, 0.4) is 0 Å². The third-order valence-electron chi connectivity index (χ3n) is 3.22. The number of carbonyl (C=O) groups is 1. The molecule has 0 aromatic heterocycles. The van der Waals surface area contributed by atoms with Crippen LogP contribution in [0.25, 0.3) is 0 Å². The maximum absolute atomic E-state index is 11.6. The van der Waals surface area contributed by atoms with Crippen molar-refractivity contribution in [3.05, 3.63) is 0 Å². The van der Waals surface area contributed by atoms with Gasteiger partial charge >= 0.3 is 0 Å². The Morgan fingerprint density at radius 3 is 2.64 bits per heavy atom. The zero-order chi connectivity index (χ0) is 10.6. The Labute approximate surface area is 86.4 Å². The van der Waals surface area contributed by atoms with Crippen molar-refractivity contribution in [2.45, 2.75) is 38.6 Å². The Morgan fingerprint density at radius 2 is 2.07 bits per heavy atom. The molecule has 0 radical (unpaired) electrons. The molecule has 2 atom stereocenters. The molecule has 1 aliphatic carbocycles. The van der Waals surface area contributed by atoms with Gasteiger partial charge in [-0.2, -0.15) is 0 Å². The van der Waals surface area contributed by atoms with E-state index in [1.165, 1.54) is 19.3 Å². The first-order valence-corrected chi connectivity index (χ1v) is 5.41. The average molecular weight is 199 g/mol. The fourth-order valence-corrected chi connectivity index (χ4v) is 2.28. The van der Waals surface area contributed by atoms with Crippen LogP contribution in [0, 0.1) is 5.92 Å². The fraction of sp³-hybridized carbons (Fsp3) is 0.909. The summed E-state index contributed by atoms with van der Waals surface area (Å²) >= 11 is 0. The van der Waals surface area contributed by atoms with Gasteiger partial charge in [-0.15, -0.1) is 0 Å². The van der Waals surface area contributed by atoms with Crippen molar-refractivity contribution in [1.82, 2.24) is 4.90 Å². The summed E-state index contributed by atoms with van der Waals surface area (Å²) in [6, 6.07) is 0.423. The Morgan fingerprint density at radius 1 is 1.43 bits per heavy atom. The van der Waals surface area contributed by atoms with Gasteiger partial charge < -0.3 is 9.64 Å². The Hall–Kier alpha value is -0.570. The monoisotopic (exact) mass is 199 g/mol. The van der Waals surface area contributed by atoms with Crippen LogP contribution < -0.4 is 0 Å². The minimum absolute atomic E-state index is 0.103. The van der Waals surface area contributed by atoms with Crippen molar-refractivity contribution in [2.24, 2.45) is 5.92 Å². The summed E-state index contributed by atoms with van der Waals surface area (Å²) in [4.78, 5) is 13.5. The number of methoxy groups -OCH3 is 1. The van der Waals surface area contributed by atoms with Crippen LogP contribution in [0.4, 0.5) is 0 Å². The van der Waals surface area contributed by atoms with Crippen LogP contribution in [-0.4, -0.2) is 37.6 Å². The fourth-order valence-electron chi connectivity index (χ4n) is 2.28. The molecule has 1 amide bonds. The molecular weight excluding hydrogens is 178 g/mol. The van der Waals surface area contributed by atoms with E-state index in [9.17, 15) is 4.79 Å². The first-order chi connectivity index (χ1) is 6.66. The molecule has 1 aliphatic rings. The van der Waals surface area contributed by atoms with E-state index >= 15 is 0 Å². The van der Waals surface area contributed by atoms with Crippen molar-refractivity contribution in [3.8, 4) is 0 Å². The van der Waals surface area contributed by atoms with Gasteiger partial charge in [0.2, 0.25) is 5.91 Å². The first kappa shape index (κ1) is 11.5. The minimum atomic E-state index is 0.103. The third-order valence-corrected chi connectivity index (χ3v) is 3.22. The highest BCUT2D eigenvalue weighted by Crippen LogP contribution is 2.27. The molecule has 0 saturated heterocycles.